The van der Waals surface area contributed by atoms with Gasteiger partial charge in [-0.2, -0.15) is 13.2 Å². The summed E-state index contributed by atoms with van der Waals surface area (Å²) in [4.78, 5) is 8.90. The van der Waals surface area contributed by atoms with Gasteiger partial charge in [-0.05, 0) is 30.5 Å². The van der Waals surface area contributed by atoms with Crippen LogP contribution in [0.1, 0.15) is 24.0 Å². The number of halogens is 3. The van der Waals surface area contributed by atoms with E-state index >= 15 is 0 Å². The number of benzene rings is 1. The molecule has 2 heterocycles. The maximum absolute atomic E-state index is 12.7. The van der Waals surface area contributed by atoms with Crippen LogP contribution in [0.25, 0.3) is 0 Å². The van der Waals surface area contributed by atoms with Crippen LogP contribution in [0.5, 0.6) is 0 Å². The van der Waals surface area contributed by atoms with Gasteiger partial charge in [0.1, 0.15) is 0 Å². The molecule has 0 aromatic heterocycles. The third kappa shape index (κ3) is 6.47. The van der Waals surface area contributed by atoms with Crippen LogP contribution in [0.4, 0.5) is 13.2 Å². The van der Waals surface area contributed by atoms with Gasteiger partial charge in [-0.25, -0.2) is 0 Å². The van der Waals surface area contributed by atoms with Crippen LogP contribution >= 0.6 is 0 Å². The number of hydrogen-bond acceptors (Lipinski definition) is 3. The summed E-state index contributed by atoms with van der Waals surface area (Å²) in [5.74, 6) is 0.909. The first-order valence-corrected chi connectivity index (χ1v) is 10.1. The number of rotatable bonds is 5. The zero-order valence-electron chi connectivity index (χ0n) is 16.8. The van der Waals surface area contributed by atoms with E-state index in [1.807, 2.05) is 0 Å². The highest BCUT2D eigenvalue weighted by Crippen LogP contribution is 2.29. The monoisotopic (exact) mass is 410 g/mol. The van der Waals surface area contributed by atoms with Gasteiger partial charge >= 0.3 is 6.18 Å². The number of ether oxygens (including phenoxy) is 1. The van der Waals surface area contributed by atoms with Gasteiger partial charge in [-0.1, -0.05) is 23.8 Å². The Bertz CT molecular complexity index is 708. The van der Waals surface area contributed by atoms with Gasteiger partial charge in [0.2, 0.25) is 0 Å². The largest absolute Gasteiger partial charge is 0.416 e. The van der Waals surface area contributed by atoms with Crippen molar-refractivity contribution in [2.75, 3.05) is 53.0 Å². The molecule has 0 aliphatic carbocycles. The Morgan fingerprint density at radius 2 is 1.86 bits per heavy atom. The molecule has 0 atom stereocenters. The molecule has 8 heteroatoms. The molecule has 1 aromatic rings. The Morgan fingerprint density at radius 1 is 1.14 bits per heavy atom. The number of piperazine rings is 1. The molecule has 1 aromatic carbocycles. The van der Waals surface area contributed by atoms with Crippen LogP contribution < -0.4 is 5.32 Å². The normalized spacial score (nSPS) is 19.2. The average molecular weight is 410 g/mol. The van der Waals surface area contributed by atoms with Crippen LogP contribution in [0.3, 0.4) is 0 Å². The molecule has 2 aliphatic heterocycles. The highest BCUT2D eigenvalue weighted by molar-refractivity contribution is 5.80. The molecular weight excluding hydrogens is 381 g/mol. The summed E-state index contributed by atoms with van der Waals surface area (Å²) >= 11 is 0. The second-order valence-electron chi connectivity index (χ2n) is 7.37. The molecule has 3 rings (SSSR count). The fourth-order valence-corrected chi connectivity index (χ4v) is 3.63. The van der Waals surface area contributed by atoms with Crippen molar-refractivity contribution in [3.8, 4) is 0 Å². The summed E-state index contributed by atoms with van der Waals surface area (Å²) in [6.07, 6.45) is -0.124. The minimum absolute atomic E-state index is 0.600. The standard InChI is InChI=1S/C21H29F3N4O/c1-25-20(26-9-6-17-7-14-29-15-8-17)28-12-10-27(11-13-28)16-18-2-4-19(5-3-18)21(22,23)24/h2-5,7H,6,8-16H2,1H3,(H,25,26). The van der Waals surface area contributed by atoms with Crippen LogP contribution in [0, 0.1) is 0 Å². The maximum Gasteiger partial charge on any atom is 0.416 e. The number of aliphatic imine (C=N–C) groups is 1. The Morgan fingerprint density at radius 3 is 2.45 bits per heavy atom. The molecule has 0 saturated carbocycles. The van der Waals surface area contributed by atoms with Crippen molar-refractivity contribution in [2.24, 2.45) is 4.99 Å². The molecule has 0 amide bonds. The van der Waals surface area contributed by atoms with E-state index in [0.717, 1.165) is 75.8 Å². The van der Waals surface area contributed by atoms with E-state index in [0.29, 0.717) is 13.2 Å². The maximum atomic E-state index is 12.7. The van der Waals surface area contributed by atoms with Crippen LogP contribution in [0.2, 0.25) is 0 Å². The summed E-state index contributed by atoms with van der Waals surface area (Å²) in [5.41, 5.74) is 1.73. The predicted octanol–water partition coefficient (Wildman–Crippen LogP) is 3.14. The lowest BCUT2D eigenvalue weighted by Crippen LogP contribution is -2.52. The third-order valence-corrected chi connectivity index (χ3v) is 5.36. The minimum atomic E-state index is -4.28. The first-order valence-electron chi connectivity index (χ1n) is 10.1. The smallest absolute Gasteiger partial charge is 0.377 e. The molecule has 29 heavy (non-hydrogen) atoms. The lowest BCUT2D eigenvalue weighted by Gasteiger charge is -2.36. The van der Waals surface area contributed by atoms with E-state index in [1.54, 1.807) is 19.2 Å². The number of nitrogens with one attached hydrogen (secondary N) is 1. The van der Waals surface area contributed by atoms with Gasteiger partial charge in [-0.15, -0.1) is 0 Å². The lowest BCUT2D eigenvalue weighted by atomic mass is 10.1. The van der Waals surface area contributed by atoms with Crippen molar-refractivity contribution < 1.29 is 17.9 Å². The van der Waals surface area contributed by atoms with Crippen LogP contribution in [-0.2, 0) is 17.5 Å². The van der Waals surface area contributed by atoms with Gasteiger partial charge in [-0.3, -0.25) is 9.89 Å². The molecule has 160 valence electrons. The van der Waals surface area contributed by atoms with E-state index in [-0.39, 0.29) is 0 Å². The third-order valence-electron chi connectivity index (χ3n) is 5.36. The molecular formula is C21H29F3N4O. The zero-order chi connectivity index (χ0) is 20.7. The summed E-state index contributed by atoms with van der Waals surface area (Å²) in [6, 6.07) is 5.46. The van der Waals surface area contributed by atoms with Crippen molar-refractivity contribution in [3.63, 3.8) is 0 Å². The second kappa shape index (κ2) is 10.1. The quantitative estimate of drug-likeness (QED) is 0.460. The van der Waals surface area contributed by atoms with E-state index in [2.05, 4.69) is 26.2 Å². The molecule has 0 spiro atoms. The van der Waals surface area contributed by atoms with E-state index in [4.69, 9.17) is 4.74 Å². The Balaban J connectivity index is 1.42. The van der Waals surface area contributed by atoms with Gasteiger partial charge in [0.05, 0.1) is 18.8 Å². The fourth-order valence-electron chi connectivity index (χ4n) is 3.63. The molecule has 1 saturated heterocycles. The van der Waals surface area contributed by atoms with Crippen molar-refractivity contribution in [1.82, 2.24) is 15.1 Å². The lowest BCUT2D eigenvalue weighted by molar-refractivity contribution is -0.137. The molecule has 1 N–H and O–H groups in total. The molecule has 0 bridgehead atoms. The molecule has 2 aliphatic rings. The average Bonchev–Trinajstić information content (AvgIpc) is 2.73. The molecule has 5 nitrogen and oxygen atoms in total. The van der Waals surface area contributed by atoms with Gasteiger partial charge in [0.15, 0.2) is 5.96 Å². The van der Waals surface area contributed by atoms with Gasteiger partial charge < -0.3 is 15.0 Å². The van der Waals surface area contributed by atoms with Crippen LogP contribution in [0.15, 0.2) is 40.9 Å². The van der Waals surface area contributed by atoms with Crippen molar-refractivity contribution in [2.45, 2.75) is 25.6 Å². The highest BCUT2D eigenvalue weighted by atomic mass is 19.4. The predicted molar refractivity (Wildman–Crippen MR) is 108 cm³/mol. The second-order valence-corrected chi connectivity index (χ2v) is 7.37. The number of hydrogen-bond donors (Lipinski definition) is 1. The molecule has 0 radical (unpaired) electrons. The molecule has 0 unspecified atom stereocenters. The summed E-state index contributed by atoms with van der Waals surface area (Å²) in [5, 5.41) is 3.44. The Hall–Kier alpha value is -2.06. The van der Waals surface area contributed by atoms with Crippen molar-refractivity contribution in [1.29, 1.82) is 0 Å². The number of guanidine groups is 1. The van der Waals surface area contributed by atoms with Gasteiger partial charge in [0.25, 0.3) is 0 Å². The van der Waals surface area contributed by atoms with Crippen LogP contribution in [-0.4, -0.2) is 68.7 Å². The first-order chi connectivity index (χ1) is 14.0. The van der Waals surface area contributed by atoms with E-state index in [9.17, 15) is 13.2 Å². The SMILES string of the molecule is CN=C(NCCC1=CCOCC1)N1CCN(Cc2ccc(C(F)(F)F)cc2)CC1. The first kappa shape index (κ1) is 21.6. The summed E-state index contributed by atoms with van der Waals surface area (Å²) < 4.78 is 43.4. The van der Waals surface area contributed by atoms with E-state index < -0.39 is 11.7 Å². The van der Waals surface area contributed by atoms with Crippen molar-refractivity contribution in [3.05, 3.63) is 47.0 Å². The zero-order valence-corrected chi connectivity index (χ0v) is 16.8. The highest BCUT2D eigenvalue weighted by Gasteiger charge is 2.30. The number of nitrogens with zero attached hydrogens (tertiary/aromatic N) is 3. The topological polar surface area (TPSA) is 40.1 Å². The van der Waals surface area contributed by atoms with E-state index in [1.165, 1.54) is 5.57 Å². The Kier molecular flexibility index (Phi) is 7.55. The fraction of sp³-hybridized carbons (Fsp3) is 0.571. The minimum Gasteiger partial charge on any atom is -0.377 e. The van der Waals surface area contributed by atoms with Gasteiger partial charge in [0, 0.05) is 46.3 Å². The summed E-state index contributed by atoms with van der Waals surface area (Å²) in [7, 11) is 1.80. The molecule has 1 fully saturated rings. The summed E-state index contributed by atoms with van der Waals surface area (Å²) in [6.45, 7) is 6.42. The van der Waals surface area contributed by atoms with Crippen molar-refractivity contribution >= 4 is 5.96 Å². The number of alkyl halides is 3. The Labute approximate surface area is 170 Å².